The van der Waals surface area contributed by atoms with E-state index in [-0.39, 0.29) is 23.7 Å². The third kappa shape index (κ3) is 6.02. The Bertz CT molecular complexity index is 517. The lowest BCUT2D eigenvalue weighted by Gasteiger charge is -2.23. The molecular weight excluding hydrogens is 294 g/mol. The molecule has 1 aromatic rings. The van der Waals surface area contributed by atoms with Crippen molar-refractivity contribution in [3.63, 3.8) is 0 Å². The summed E-state index contributed by atoms with van der Waals surface area (Å²) >= 11 is 0. The van der Waals surface area contributed by atoms with E-state index in [1.54, 1.807) is 12.0 Å². The second-order valence-corrected chi connectivity index (χ2v) is 6.44. The molecule has 5 heteroatoms. The molecule has 1 rings (SSSR count). The number of hydrogen-bond acceptors (Lipinski definition) is 4. The van der Waals surface area contributed by atoms with E-state index in [1.807, 2.05) is 24.3 Å². The quantitative estimate of drug-likeness (QED) is 0.725. The maximum atomic E-state index is 12.6. The zero-order valence-electron chi connectivity index (χ0n) is 14.7. The van der Waals surface area contributed by atoms with Crippen LogP contribution < -0.4 is 0 Å². The fourth-order valence-corrected chi connectivity index (χ4v) is 2.14. The summed E-state index contributed by atoms with van der Waals surface area (Å²) in [5.74, 6) is -0.435. The Labute approximate surface area is 138 Å². The Kier molecular flexibility index (Phi) is 7.23. The van der Waals surface area contributed by atoms with E-state index >= 15 is 0 Å². The number of nitrogens with zero attached hydrogens (tertiary/aromatic N) is 1. The minimum atomic E-state index is -0.330. The van der Waals surface area contributed by atoms with Crippen LogP contribution in [0.25, 0.3) is 0 Å². The molecule has 0 aromatic heterocycles. The molecule has 23 heavy (non-hydrogen) atoms. The predicted molar refractivity (Wildman–Crippen MR) is 89.6 cm³/mol. The maximum Gasteiger partial charge on any atom is 0.307 e. The van der Waals surface area contributed by atoms with E-state index in [2.05, 4.69) is 25.5 Å². The van der Waals surface area contributed by atoms with Crippen molar-refractivity contribution in [2.45, 2.75) is 32.6 Å². The van der Waals surface area contributed by atoms with Gasteiger partial charge in [-0.05, 0) is 23.1 Å². The van der Waals surface area contributed by atoms with Crippen LogP contribution in [-0.2, 0) is 19.7 Å². The highest BCUT2D eigenvalue weighted by molar-refractivity contribution is 5.94. The number of ether oxygens (including phenoxy) is 2. The van der Waals surface area contributed by atoms with E-state index < -0.39 is 0 Å². The fraction of sp³-hybridized carbons (Fsp3) is 0.556. The molecule has 0 heterocycles. The van der Waals surface area contributed by atoms with Crippen LogP contribution in [0.3, 0.4) is 0 Å². The summed E-state index contributed by atoms with van der Waals surface area (Å²) < 4.78 is 9.68. The highest BCUT2D eigenvalue weighted by Crippen LogP contribution is 2.22. The third-order valence-electron chi connectivity index (χ3n) is 3.66. The van der Waals surface area contributed by atoms with Crippen LogP contribution in [0.2, 0.25) is 0 Å². The summed E-state index contributed by atoms with van der Waals surface area (Å²) in [4.78, 5) is 25.6. The van der Waals surface area contributed by atoms with Gasteiger partial charge in [-0.1, -0.05) is 32.9 Å². The molecule has 0 saturated carbocycles. The van der Waals surface area contributed by atoms with Gasteiger partial charge in [-0.15, -0.1) is 0 Å². The number of hydrogen-bond donors (Lipinski definition) is 0. The molecule has 0 spiro atoms. The second-order valence-electron chi connectivity index (χ2n) is 6.44. The first-order valence-corrected chi connectivity index (χ1v) is 7.75. The first kappa shape index (κ1) is 19.2. The molecule has 0 N–H and O–H groups in total. The zero-order valence-corrected chi connectivity index (χ0v) is 14.7. The number of carbonyl (C=O) groups excluding carboxylic acids is 2. The molecule has 0 radical (unpaired) electrons. The Morgan fingerprint density at radius 2 is 1.65 bits per heavy atom. The molecule has 0 aliphatic heterocycles. The van der Waals surface area contributed by atoms with Gasteiger partial charge in [0.25, 0.3) is 5.91 Å². The lowest BCUT2D eigenvalue weighted by molar-refractivity contribution is -0.140. The summed E-state index contributed by atoms with van der Waals surface area (Å²) in [5, 5.41) is 0. The Hall–Kier alpha value is -1.88. The normalized spacial score (nSPS) is 11.2. The van der Waals surface area contributed by atoms with Gasteiger partial charge in [-0.25, -0.2) is 0 Å². The van der Waals surface area contributed by atoms with Crippen molar-refractivity contribution in [1.29, 1.82) is 0 Å². The number of methoxy groups -OCH3 is 2. The molecule has 1 amide bonds. The van der Waals surface area contributed by atoms with Crippen molar-refractivity contribution >= 4 is 11.9 Å². The average molecular weight is 321 g/mol. The zero-order chi connectivity index (χ0) is 17.5. The lowest BCUT2D eigenvalue weighted by Crippen LogP contribution is -2.35. The molecular formula is C18H27NO4. The van der Waals surface area contributed by atoms with Crippen LogP contribution in [0.5, 0.6) is 0 Å². The molecule has 0 fully saturated rings. The number of esters is 1. The van der Waals surface area contributed by atoms with Gasteiger partial charge in [0.1, 0.15) is 0 Å². The minimum absolute atomic E-state index is 0.0438. The van der Waals surface area contributed by atoms with Gasteiger partial charge in [0, 0.05) is 25.8 Å². The van der Waals surface area contributed by atoms with E-state index in [9.17, 15) is 9.59 Å². The van der Waals surface area contributed by atoms with Crippen molar-refractivity contribution in [2.75, 3.05) is 33.9 Å². The van der Waals surface area contributed by atoms with Gasteiger partial charge in [-0.3, -0.25) is 9.59 Å². The van der Waals surface area contributed by atoms with Crippen LogP contribution in [-0.4, -0.2) is 50.7 Å². The number of rotatable bonds is 7. The van der Waals surface area contributed by atoms with E-state index in [0.29, 0.717) is 25.3 Å². The van der Waals surface area contributed by atoms with Crippen molar-refractivity contribution in [2.24, 2.45) is 0 Å². The highest BCUT2D eigenvalue weighted by atomic mass is 16.5. The van der Waals surface area contributed by atoms with Gasteiger partial charge >= 0.3 is 5.97 Å². The van der Waals surface area contributed by atoms with Gasteiger partial charge in [-0.2, -0.15) is 0 Å². The number of amides is 1. The minimum Gasteiger partial charge on any atom is -0.469 e. The van der Waals surface area contributed by atoms with Crippen LogP contribution in [0, 0.1) is 0 Å². The largest absolute Gasteiger partial charge is 0.469 e. The number of carbonyl (C=O) groups is 2. The monoisotopic (exact) mass is 321 g/mol. The average Bonchev–Trinajstić information content (AvgIpc) is 2.53. The van der Waals surface area contributed by atoms with Gasteiger partial charge < -0.3 is 14.4 Å². The van der Waals surface area contributed by atoms with E-state index in [4.69, 9.17) is 4.74 Å². The molecule has 0 bridgehead atoms. The summed E-state index contributed by atoms with van der Waals surface area (Å²) in [7, 11) is 2.93. The van der Waals surface area contributed by atoms with Crippen molar-refractivity contribution in [3.8, 4) is 0 Å². The summed E-state index contributed by atoms with van der Waals surface area (Å²) in [6, 6.07) is 7.62. The summed E-state index contributed by atoms with van der Waals surface area (Å²) in [5.41, 5.74) is 1.83. The molecule has 0 unspecified atom stereocenters. The molecule has 1 aromatic carbocycles. The molecule has 128 valence electrons. The topological polar surface area (TPSA) is 55.8 Å². The molecule has 0 aliphatic carbocycles. The fourth-order valence-electron chi connectivity index (χ4n) is 2.14. The Morgan fingerprint density at radius 1 is 1.04 bits per heavy atom. The third-order valence-corrected chi connectivity index (χ3v) is 3.66. The summed E-state index contributed by atoms with van der Waals surface area (Å²) in [6.45, 7) is 7.57. The first-order valence-electron chi connectivity index (χ1n) is 7.75. The maximum absolute atomic E-state index is 12.6. The molecule has 5 nitrogen and oxygen atoms in total. The van der Waals surface area contributed by atoms with Crippen LogP contribution in [0.4, 0.5) is 0 Å². The van der Waals surface area contributed by atoms with Crippen molar-refractivity contribution < 1.29 is 19.1 Å². The predicted octanol–water partition coefficient (Wildman–Crippen LogP) is 2.64. The second kappa shape index (κ2) is 8.67. The van der Waals surface area contributed by atoms with E-state index in [1.165, 1.54) is 12.7 Å². The van der Waals surface area contributed by atoms with Gasteiger partial charge in [0.2, 0.25) is 0 Å². The lowest BCUT2D eigenvalue weighted by atomic mass is 9.86. The smallest absolute Gasteiger partial charge is 0.307 e. The van der Waals surface area contributed by atoms with Crippen LogP contribution >= 0.6 is 0 Å². The van der Waals surface area contributed by atoms with Crippen molar-refractivity contribution in [1.82, 2.24) is 4.90 Å². The molecule has 0 aliphatic rings. The summed E-state index contributed by atoms with van der Waals surface area (Å²) in [6.07, 6.45) is 0.173. The molecule has 0 atom stereocenters. The van der Waals surface area contributed by atoms with Gasteiger partial charge in [0.15, 0.2) is 0 Å². The Balaban J connectivity index is 2.84. The van der Waals surface area contributed by atoms with Crippen molar-refractivity contribution in [3.05, 3.63) is 35.4 Å². The SMILES string of the molecule is COCCN(CCC(=O)OC)C(=O)c1ccc(C(C)(C)C)cc1. The Morgan fingerprint density at radius 3 is 2.13 bits per heavy atom. The van der Waals surface area contributed by atoms with E-state index in [0.717, 1.165) is 0 Å². The highest BCUT2D eigenvalue weighted by Gasteiger charge is 2.19. The molecule has 0 saturated heterocycles. The number of benzene rings is 1. The van der Waals surface area contributed by atoms with Crippen LogP contribution in [0.15, 0.2) is 24.3 Å². The van der Waals surface area contributed by atoms with Crippen LogP contribution in [0.1, 0.15) is 43.1 Å². The first-order chi connectivity index (χ1) is 10.8. The standard InChI is InChI=1S/C18H27NO4/c1-18(2,3)15-8-6-14(7-9-15)17(21)19(12-13-22-4)11-10-16(20)23-5/h6-9H,10-13H2,1-5H3. The van der Waals surface area contributed by atoms with Gasteiger partial charge in [0.05, 0.1) is 20.1 Å².